The van der Waals surface area contributed by atoms with Gasteiger partial charge in [0.15, 0.2) is 5.96 Å². The summed E-state index contributed by atoms with van der Waals surface area (Å²) in [6.45, 7) is 6.37. The molecule has 0 saturated heterocycles. The lowest BCUT2D eigenvalue weighted by Gasteiger charge is -2.25. The number of guanidine groups is 1. The first-order chi connectivity index (χ1) is 10.7. The Balaban J connectivity index is 0.00000529. The Morgan fingerprint density at radius 3 is 2.58 bits per heavy atom. The molecule has 0 radical (unpaired) electrons. The predicted octanol–water partition coefficient (Wildman–Crippen LogP) is 1.87. The van der Waals surface area contributed by atoms with Crippen molar-refractivity contribution in [2.75, 3.05) is 45.4 Å². The summed E-state index contributed by atoms with van der Waals surface area (Å²) in [5.74, 6) is 0.760. The van der Waals surface area contributed by atoms with Crippen LogP contribution >= 0.6 is 35.3 Å². The molecule has 0 spiro atoms. The van der Waals surface area contributed by atoms with Gasteiger partial charge in [0.25, 0.3) is 0 Å². The van der Waals surface area contributed by atoms with Crippen LogP contribution in [0, 0.1) is 0 Å². The van der Waals surface area contributed by atoms with Gasteiger partial charge in [0.05, 0.1) is 19.0 Å². The van der Waals surface area contributed by atoms with Gasteiger partial charge in [-0.2, -0.15) is 0 Å². The number of aliphatic imine (C=N–C) groups is 1. The molecule has 1 rings (SSSR count). The van der Waals surface area contributed by atoms with Crippen LogP contribution in [0.2, 0.25) is 0 Å². The van der Waals surface area contributed by atoms with Gasteiger partial charge in [-0.05, 0) is 11.4 Å². The molecule has 1 aromatic heterocycles. The molecule has 0 aliphatic rings. The summed E-state index contributed by atoms with van der Waals surface area (Å²) in [5.41, 5.74) is 0.0256. The van der Waals surface area contributed by atoms with Crippen LogP contribution in [0.25, 0.3) is 0 Å². The molecular formula is C15H28IN3O3S2. The Kier molecular flexibility index (Phi) is 11.1. The largest absolute Gasteiger partial charge is 0.379 e. The smallest absolute Gasteiger partial charge is 0.191 e. The van der Waals surface area contributed by atoms with E-state index in [4.69, 9.17) is 4.74 Å². The molecule has 0 atom stereocenters. The van der Waals surface area contributed by atoms with Gasteiger partial charge in [0.2, 0.25) is 0 Å². The maximum Gasteiger partial charge on any atom is 0.191 e. The molecule has 2 N–H and O–H groups in total. The molecule has 0 amide bonds. The van der Waals surface area contributed by atoms with E-state index in [0.717, 1.165) is 6.54 Å². The van der Waals surface area contributed by atoms with Crippen LogP contribution in [0.15, 0.2) is 22.5 Å². The minimum Gasteiger partial charge on any atom is -0.379 e. The maximum absolute atomic E-state index is 11.0. The van der Waals surface area contributed by atoms with E-state index < -0.39 is 9.84 Å². The zero-order chi connectivity index (χ0) is 17.3. The molecule has 24 heavy (non-hydrogen) atoms. The van der Waals surface area contributed by atoms with E-state index >= 15 is 0 Å². The van der Waals surface area contributed by atoms with E-state index in [1.807, 2.05) is 0 Å². The van der Waals surface area contributed by atoms with E-state index in [0.29, 0.717) is 19.1 Å². The van der Waals surface area contributed by atoms with E-state index in [9.17, 15) is 8.42 Å². The van der Waals surface area contributed by atoms with Crippen molar-refractivity contribution in [2.45, 2.75) is 19.3 Å². The van der Waals surface area contributed by atoms with Crippen molar-refractivity contribution in [1.82, 2.24) is 10.6 Å². The Morgan fingerprint density at radius 2 is 2.04 bits per heavy atom. The van der Waals surface area contributed by atoms with Crippen LogP contribution < -0.4 is 10.6 Å². The van der Waals surface area contributed by atoms with Crippen LogP contribution in [0.3, 0.4) is 0 Å². The van der Waals surface area contributed by atoms with Gasteiger partial charge in [-0.25, -0.2) is 8.42 Å². The lowest BCUT2D eigenvalue weighted by molar-refractivity contribution is 0.154. The van der Waals surface area contributed by atoms with Crippen molar-refractivity contribution in [3.05, 3.63) is 22.4 Å². The first kappa shape index (κ1) is 23.6. The predicted molar refractivity (Wildman–Crippen MR) is 113 cm³/mol. The standard InChI is InChI=1S/C15H27N3O3S2.HI/c1-15(2,13-6-5-10-22-13)12-18-14(16-3)17-7-8-21-9-11-23(4,19)20;/h5-6,10H,7-9,11-12H2,1-4H3,(H2,16,17,18);1H. The summed E-state index contributed by atoms with van der Waals surface area (Å²) < 4.78 is 27.2. The highest BCUT2D eigenvalue weighted by atomic mass is 127. The molecule has 0 aliphatic heterocycles. The van der Waals surface area contributed by atoms with Gasteiger partial charge in [0, 0.05) is 36.7 Å². The number of ether oxygens (including phenoxy) is 1. The molecule has 0 aromatic carbocycles. The first-order valence-electron chi connectivity index (χ1n) is 7.48. The number of thiophene rings is 1. The highest BCUT2D eigenvalue weighted by Gasteiger charge is 2.21. The van der Waals surface area contributed by atoms with Crippen molar-refractivity contribution >= 4 is 51.1 Å². The Hall–Kier alpha value is -0.390. The lowest BCUT2D eigenvalue weighted by atomic mass is 9.91. The topological polar surface area (TPSA) is 79.8 Å². The SMILES string of the molecule is CN=C(NCCOCCS(C)(=O)=O)NCC(C)(C)c1cccs1.I. The number of nitrogens with zero attached hydrogens (tertiary/aromatic N) is 1. The molecule has 0 fully saturated rings. The van der Waals surface area contributed by atoms with Gasteiger partial charge < -0.3 is 15.4 Å². The molecule has 140 valence electrons. The fourth-order valence-electron chi connectivity index (χ4n) is 1.83. The molecule has 0 aliphatic carbocycles. The van der Waals surface area contributed by atoms with Gasteiger partial charge in [-0.3, -0.25) is 4.99 Å². The van der Waals surface area contributed by atoms with E-state index in [1.165, 1.54) is 11.1 Å². The lowest BCUT2D eigenvalue weighted by Crippen LogP contribution is -2.44. The minimum absolute atomic E-state index is 0. The quantitative estimate of drug-likeness (QED) is 0.240. The van der Waals surface area contributed by atoms with Gasteiger partial charge in [-0.1, -0.05) is 19.9 Å². The van der Waals surface area contributed by atoms with E-state index in [1.54, 1.807) is 18.4 Å². The van der Waals surface area contributed by atoms with Crippen molar-refractivity contribution in [2.24, 2.45) is 4.99 Å². The van der Waals surface area contributed by atoms with Crippen LogP contribution in [0.5, 0.6) is 0 Å². The van der Waals surface area contributed by atoms with Crippen molar-refractivity contribution in [3.63, 3.8) is 0 Å². The summed E-state index contributed by atoms with van der Waals surface area (Å²) in [4.78, 5) is 5.50. The summed E-state index contributed by atoms with van der Waals surface area (Å²) >= 11 is 1.75. The zero-order valence-electron chi connectivity index (χ0n) is 14.7. The molecule has 9 heteroatoms. The highest BCUT2D eigenvalue weighted by Crippen LogP contribution is 2.26. The second-order valence-electron chi connectivity index (χ2n) is 5.96. The third kappa shape index (κ3) is 9.80. The van der Waals surface area contributed by atoms with Crippen molar-refractivity contribution in [1.29, 1.82) is 0 Å². The van der Waals surface area contributed by atoms with Gasteiger partial charge in [-0.15, -0.1) is 35.3 Å². The summed E-state index contributed by atoms with van der Waals surface area (Å²) in [7, 11) is -1.24. The maximum atomic E-state index is 11.0. The Morgan fingerprint density at radius 1 is 1.33 bits per heavy atom. The molecule has 6 nitrogen and oxygen atoms in total. The number of hydrogen-bond donors (Lipinski definition) is 2. The molecule has 1 heterocycles. The van der Waals surface area contributed by atoms with Crippen LogP contribution in [0.1, 0.15) is 18.7 Å². The fourth-order valence-corrected chi connectivity index (χ4v) is 3.10. The van der Waals surface area contributed by atoms with Crippen LogP contribution in [-0.4, -0.2) is 59.7 Å². The summed E-state index contributed by atoms with van der Waals surface area (Å²) in [6, 6.07) is 4.20. The molecule has 0 bridgehead atoms. The number of sulfone groups is 1. The molecule has 1 aromatic rings. The second-order valence-corrected chi connectivity index (χ2v) is 9.16. The third-order valence-electron chi connectivity index (χ3n) is 3.25. The third-order valence-corrected chi connectivity index (χ3v) is 5.39. The number of halogens is 1. The van der Waals surface area contributed by atoms with E-state index in [2.05, 4.69) is 47.0 Å². The normalized spacial score (nSPS) is 12.6. The number of hydrogen-bond acceptors (Lipinski definition) is 5. The first-order valence-corrected chi connectivity index (χ1v) is 10.4. The number of rotatable bonds is 9. The highest BCUT2D eigenvalue weighted by molar-refractivity contribution is 14.0. The zero-order valence-corrected chi connectivity index (χ0v) is 18.6. The minimum atomic E-state index is -2.96. The molecule has 0 unspecified atom stereocenters. The molecule has 0 saturated carbocycles. The van der Waals surface area contributed by atoms with Crippen molar-refractivity contribution < 1.29 is 13.2 Å². The average Bonchev–Trinajstić information content (AvgIpc) is 2.99. The van der Waals surface area contributed by atoms with Gasteiger partial charge in [0.1, 0.15) is 9.84 Å². The van der Waals surface area contributed by atoms with Crippen LogP contribution in [0.4, 0.5) is 0 Å². The summed E-state index contributed by atoms with van der Waals surface area (Å²) in [5, 5.41) is 8.54. The second kappa shape index (κ2) is 11.3. The Labute approximate surface area is 166 Å². The van der Waals surface area contributed by atoms with Crippen molar-refractivity contribution in [3.8, 4) is 0 Å². The monoisotopic (exact) mass is 489 g/mol. The van der Waals surface area contributed by atoms with Gasteiger partial charge >= 0.3 is 0 Å². The summed E-state index contributed by atoms with van der Waals surface area (Å²) in [6.07, 6.45) is 1.20. The molecular weight excluding hydrogens is 461 g/mol. The Bertz CT molecular complexity index is 587. The van der Waals surface area contributed by atoms with E-state index in [-0.39, 0.29) is 41.8 Å². The fraction of sp³-hybridized carbons (Fsp3) is 0.667. The van der Waals surface area contributed by atoms with Crippen LogP contribution in [-0.2, 0) is 20.0 Å². The number of nitrogens with one attached hydrogen (secondary N) is 2. The average molecular weight is 489 g/mol.